The molecule has 4 aromatic carbocycles. The van der Waals surface area contributed by atoms with Gasteiger partial charge < -0.3 is 15.2 Å². The average molecular weight is 410 g/mol. The van der Waals surface area contributed by atoms with E-state index in [4.69, 9.17) is 4.74 Å². The van der Waals surface area contributed by atoms with E-state index in [1.807, 2.05) is 49.4 Å². The zero-order chi connectivity index (χ0) is 21.6. The number of anilines is 1. The molecule has 0 fully saturated rings. The molecule has 0 unspecified atom stereocenters. The fourth-order valence-electron chi connectivity index (χ4n) is 3.32. The Morgan fingerprint density at radius 3 is 2.65 bits per heavy atom. The molecule has 0 radical (unpaired) electrons. The van der Waals surface area contributed by atoms with Crippen molar-refractivity contribution >= 4 is 34.3 Å². The van der Waals surface area contributed by atoms with Gasteiger partial charge in [0.2, 0.25) is 0 Å². The zero-order valence-electron chi connectivity index (χ0n) is 17.1. The molecule has 0 bridgehead atoms. The van der Waals surface area contributed by atoms with E-state index in [2.05, 4.69) is 10.3 Å². The molecule has 31 heavy (non-hydrogen) atoms. The summed E-state index contributed by atoms with van der Waals surface area (Å²) in [6.07, 6.45) is 1.56. The maximum atomic E-state index is 12.8. The van der Waals surface area contributed by atoms with E-state index in [0.717, 1.165) is 16.5 Å². The highest BCUT2D eigenvalue weighted by Crippen LogP contribution is 2.29. The van der Waals surface area contributed by atoms with Crippen molar-refractivity contribution in [3.05, 3.63) is 96.1 Å². The summed E-state index contributed by atoms with van der Waals surface area (Å²) in [6, 6.07) is 26.0. The number of carbonyl (C=O) groups is 1. The SMILES string of the molecule is CCOc1cccc(C=Nc2cccc(C(=O)Nc3cccc4ccccc34)c2)c1O. The lowest BCUT2D eigenvalue weighted by Gasteiger charge is -2.09. The molecule has 0 aliphatic carbocycles. The van der Waals surface area contributed by atoms with Crippen molar-refractivity contribution in [2.75, 3.05) is 11.9 Å². The van der Waals surface area contributed by atoms with Crippen molar-refractivity contribution in [1.29, 1.82) is 0 Å². The van der Waals surface area contributed by atoms with Gasteiger partial charge in [0.25, 0.3) is 5.91 Å². The summed E-state index contributed by atoms with van der Waals surface area (Å²) in [5.74, 6) is 0.238. The fraction of sp³-hybridized carbons (Fsp3) is 0.0769. The van der Waals surface area contributed by atoms with Crippen LogP contribution in [0.2, 0.25) is 0 Å². The zero-order valence-corrected chi connectivity index (χ0v) is 17.1. The molecule has 1 amide bonds. The van der Waals surface area contributed by atoms with Crippen molar-refractivity contribution in [3.8, 4) is 11.5 Å². The van der Waals surface area contributed by atoms with Gasteiger partial charge in [0.1, 0.15) is 0 Å². The summed E-state index contributed by atoms with van der Waals surface area (Å²) < 4.78 is 5.40. The van der Waals surface area contributed by atoms with Gasteiger partial charge in [0, 0.05) is 28.4 Å². The first-order chi connectivity index (χ1) is 15.2. The van der Waals surface area contributed by atoms with E-state index >= 15 is 0 Å². The molecule has 5 heteroatoms. The van der Waals surface area contributed by atoms with Gasteiger partial charge in [0.05, 0.1) is 12.3 Å². The summed E-state index contributed by atoms with van der Waals surface area (Å²) in [4.78, 5) is 17.3. The first-order valence-corrected chi connectivity index (χ1v) is 10.0. The van der Waals surface area contributed by atoms with Crippen LogP contribution in [-0.4, -0.2) is 23.8 Å². The molecular formula is C26H22N2O3. The number of phenols is 1. The highest BCUT2D eigenvalue weighted by molar-refractivity contribution is 6.09. The monoisotopic (exact) mass is 410 g/mol. The van der Waals surface area contributed by atoms with Gasteiger partial charge in [-0.05, 0) is 48.7 Å². The van der Waals surface area contributed by atoms with E-state index in [9.17, 15) is 9.90 Å². The minimum absolute atomic E-state index is 0.0398. The Balaban J connectivity index is 1.55. The van der Waals surface area contributed by atoms with Crippen LogP contribution in [0.3, 0.4) is 0 Å². The standard InChI is InChI=1S/C26H22N2O3/c1-2-31-24-15-7-11-20(25(24)29)17-27-21-12-5-10-19(16-21)26(30)28-23-14-6-9-18-8-3-4-13-22(18)23/h3-17,29H,2H2,1H3,(H,28,30). The summed E-state index contributed by atoms with van der Waals surface area (Å²) in [7, 11) is 0. The van der Waals surface area contributed by atoms with E-state index in [-0.39, 0.29) is 11.7 Å². The number of aromatic hydroxyl groups is 1. The second kappa shape index (κ2) is 9.13. The third-order valence-electron chi connectivity index (χ3n) is 4.83. The van der Waals surface area contributed by atoms with Gasteiger partial charge in [-0.1, -0.05) is 48.5 Å². The average Bonchev–Trinajstić information content (AvgIpc) is 2.80. The van der Waals surface area contributed by atoms with Crippen LogP contribution >= 0.6 is 0 Å². The van der Waals surface area contributed by atoms with Gasteiger partial charge in [-0.2, -0.15) is 0 Å². The van der Waals surface area contributed by atoms with E-state index in [1.165, 1.54) is 0 Å². The number of aliphatic imine (C=N–C) groups is 1. The summed E-state index contributed by atoms with van der Waals surface area (Å²) in [5.41, 5.74) is 2.40. The first kappa shape index (κ1) is 20.2. The minimum atomic E-state index is -0.213. The van der Waals surface area contributed by atoms with Crippen LogP contribution in [0.4, 0.5) is 11.4 Å². The third kappa shape index (κ3) is 4.56. The van der Waals surface area contributed by atoms with Crippen LogP contribution in [0.5, 0.6) is 11.5 Å². The Morgan fingerprint density at radius 1 is 1.00 bits per heavy atom. The number of ether oxygens (including phenoxy) is 1. The molecule has 0 atom stereocenters. The number of benzene rings is 4. The van der Waals surface area contributed by atoms with E-state index < -0.39 is 0 Å². The van der Waals surface area contributed by atoms with Crippen molar-refractivity contribution < 1.29 is 14.6 Å². The van der Waals surface area contributed by atoms with Crippen molar-refractivity contribution in [2.24, 2.45) is 4.99 Å². The quantitative estimate of drug-likeness (QED) is 0.386. The molecule has 0 aliphatic rings. The Kier molecular flexibility index (Phi) is 5.94. The Bertz CT molecular complexity index is 1260. The van der Waals surface area contributed by atoms with Crippen LogP contribution in [0, 0.1) is 0 Å². The molecular weight excluding hydrogens is 388 g/mol. The minimum Gasteiger partial charge on any atom is -0.504 e. The van der Waals surface area contributed by atoms with Crippen molar-refractivity contribution in [3.63, 3.8) is 0 Å². The highest BCUT2D eigenvalue weighted by Gasteiger charge is 2.09. The molecule has 0 saturated heterocycles. The van der Waals surface area contributed by atoms with Gasteiger partial charge in [0.15, 0.2) is 11.5 Å². The molecule has 4 aromatic rings. The number of carbonyl (C=O) groups excluding carboxylic acids is 1. The number of nitrogens with zero attached hydrogens (tertiary/aromatic N) is 1. The normalized spacial score (nSPS) is 11.0. The summed E-state index contributed by atoms with van der Waals surface area (Å²) in [5, 5.41) is 15.3. The second-order valence-corrected chi connectivity index (χ2v) is 6.92. The number of amides is 1. The predicted molar refractivity (Wildman–Crippen MR) is 125 cm³/mol. The van der Waals surface area contributed by atoms with Gasteiger partial charge >= 0.3 is 0 Å². The van der Waals surface area contributed by atoms with Gasteiger partial charge in [-0.25, -0.2) is 0 Å². The smallest absolute Gasteiger partial charge is 0.255 e. The van der Waals surface area contributed by atoms with E-state index in [0.29, 0.717) is 29.2 Å². The van der Waals surface area contributed by atoms with Crippen molar-refractivity contribution in [1.82, 2.24) is 0 Å². The maximum Gasteiger partial charge on any atom is 0.255 e. The van der Waals surface area contributed by atoms with Crippen LogP contribution in [0.25, 0.3) is 10.8 Å². The first-order valence-electron chi connectivity index (χ1n) is 10.0. The van der Waals surface area contributed by atoms with Gasteiger partial charge in [-0.15, -0.1) is 0 Å². The molecule has 0 heterocycles. The number of para-hydroxylation sites is 1. The molecule has 4 rings (SSSR count). The molecule has 154 valence electrons. The number of fused-ring (bicyclic) bond motifs is 1. The predicted octanol–water partition coefficient (Wildman–Crippen LogP) is 5.95. The topological polar surface area (TPSA) is 70.9 Å². The third-order valence-corrected chi connectivity index (χ3v) is 4.83. The number of phenolic OH excluding ortho intramolecular Hbond substituents is 1. The number of rotatable bonds is 6. The Labute approximate surface area is 180 Å². The lowest BCUT2D eigenvalue weighted by Crippen LogP contribution is -2.11. The number of hydrogen-bond acceptors (Lipinski definition) is 4. The van der Waals surface area contributed by atoms with Crippen LogP contribution in [-0.2, 0) is 0 Å². The van der Waals surface area contributed by atoms with Crippen molar-refractivity contribution in [2.45, 2.75) is 6.92 Å². The van der Waals surface area contributed by atoms with Crippen LogP contribution in [0.15, 0.2) is 89.9 Å². The molecule has 2 N–H and O–H groups in total. The number of hydrogen-bond donors (Lipinski definition) is 2. The second-order valence-electron chi connectivity index (χ2n) is 6.92. The van der Waals surface area contributed by atoms with Crippen LogP contribution in [0.1, 0.15) is 22.8 Å². The van der Waals surface area contributed by atoms with Crippen LogP contribution < -0.4 is 10.1 Å². The molecule has 0 saturated carbocycles. The molecule has 0 aliphatic heterocycles. The number of nitrogens with one attached hydrogen (secondary N) is 1. The van der Waals surface area contributed by atoms with Gasteiger partial charge in [-0.3, -0.25) is 9.79 Å². The van der Waals surface area contributed by atoms with E-state index in [1.54, 1.807) is 48.7 Å². The Hall–Kier alpha value is -4.12. The summed E-state index contributed by atoms with van der Waals surface area (Å²) >= 11 is 0. The molecule has 0 spiro atoms. The lowest BCUT2D eigenvalue weighted by molar-refractivity contribution is 0.102. The molecule has 0 aromatic heterocycles. The fourth-order valence-corrected chi connectivity index (χ4v) is 3.32. The summed E-state index contributed by atoms with van der Waals surface area (Å²) in [6.45, 7) is 2.32. The maximum absolute atomic E-state index is 12.8. The Morgan fingerprint density at radius 2 is 1.77 bits per heavy atom. The highest BCUT2D eigenvalue weighted by atomic mass is 16.5. The molecule has 5 nitrogen and oxygen atoms in total. The largest absolute Gasteiger partial charge is 0.504 e. The lowest BCUT2D eigenvalue weighted by atomic mass is 10.1.